The van der Waals surface area contributed by atoms with Crippen molar-refractivity contribution in [3.8, 4) is 0 Å². The van der Waals surface area contributed by atoms with Crippen molar-refractivity contribution in [2.75, 3.05) is 38.0 Å². The van der Waals surface area contributed by atoms with Gasteiger partial charge in [0.2, 0.25) is 5.91 Å². The fraction of sp³-hybridized carbons (Fsp3) is 0.682. The molecule has 5 heteroatoms. The van der Waals surface area contributed by atoms with E-state index in [0.717, 1.165) is 43.9 Å². The van der Waals surface area contributed by atoms with Crippen LogP contribution in [0.5, 0.6) is 0 Å². The van der Waals surface area contributed by atoms with E-state index in [2.05, 4.69) is 15.1 Å². The first kappa shape index (κ1) is 18.0. The molecule has 1 saturated heterocycles. The highest BCUT2D eigenvalue weighted by Crippen LogP contribution is 2.57. The maximum Gasteiger partial charge on any atom is 0.238 e. The number of nitrogens with zero attached hydrogens (tertiary/aromatic N) is 2. The summed E-state index contributed by atoms with van der Waals surface area (Å²) in [7, 11) is 0. The smallest absolute Gasteiger partial charge is 0.238 e. The largest absolute Gasteiger partial charge is 0.324 e. The molecule has 1 aromatic carbocycles. The molecule has 5 aliphatic rings. The summed E-state index contributed by atoms with van der Waals surface area (Å²) in [5, 5.41) is 3.55. The Bertz CT molecular complexity index is 678. The molecular weight excluding hydrogens is 358 g/mol. The minimum atomic E-state index is 0.0337. The lowest BCUT2D eigenvalue weighted by Gasteiger charge is -2.61. The van der Waals surface area contributed by atoms with E-state index >= 15 is 0 Å². The Balaban J connectivity index is 1.15. The number of halogens is 1. The topological polar surface area (TPSA) is 35.6 Å². The average molecular weight is 388 g/mol. The first-order valence-electron chi connectivity index (χ1n) is 10.6. The third-order valence-corrected chi connectivity index (χ3v) is 7.89. The number of nitrogens with one attached hydrogen (secondary N) is 1. The van der Waals surface area contributed by atoms with Gasteiger partial charge >= 0.3 is 0 Å². The zero-order valence-electron chi connectivity index (χ0n) is 16.0. The zero-order chi connectivity index (χ0) is 18.4. The molecular formula is C22H30ClN3O. The van der Waals surface area contributed by atoms with Gasteiger partial charge in [0.15, 0.2) is 0 Å². The molecule has 1 N–H and O–H groups in total. The van der Waals surface area contributed by atoms with Crippen LogP contribution in [0.2, 0.25) is 5.02 Å². The van der Waals surface area contributed by atoms with E-state index in [9.17, 15) is 4.79 Å². The number of para-hydroxylation sites is 1. The maximum absolute atomic E-state index is 12.4. The maximum atomic E-state index is 12.4. The van der Waals surface area contributed by atoms with Crippen molar-refractivity contribution in [1.82, 2.24) is 9.80 Å². The van der Waals surface area contributed by atoms with E-state index in [1.54, 1.807) is 6.07 Å². The van der Waals surface area contributed by atoms with Gasteiger partial charge in [0.25, 0.3) is 0 Å². The first-order chi connectivity index (χ1) is 13.1. The van der Waals surface area contributed by atoms with Crippen LogP contribution in [0.15, 0.2) is 24.3 Å². The van der Waals surface area contributed by atoms with Crippen molar-refractivity contribution in [3.05, 3.63) is 29.3 Å². The normalized spacial score (nSPS) is 36.1. The third kappa shape index (κ3) is 3.52. The molecule has 0 spiro atoms. The van der Waals surface area contributed by atoms with Crippen molar-refractivity contribution in [2.24, 2.45) is 17.8 Å². The molecule has 0 radical (unpaired) electrons. The highest BCUT2D eigenvalue weighted by Gasteiger charge is 2.53. The van der Waals surface area contributed by atoms with Gasteiger partial charge in [-0.25, -0.2) is 0 Å². The van der Waals surface area contributed by atoms with Crippen molar-refractivity contribution in [1.29, 1.82) is 0 Å². The van der Waals surface area contributed by atoms with E-state index in [-0.39, 0.29) is 5.91 Å². The second kappa shape index (κ2) is 7.06. The van der Waals surface area contributed by atoms with E-state index < -0.39 is 0 Å². The minimum Gasteiger partial charge on any atom is -0.324 e. The molecule has 0 aromatic heterocycles. The summed E-state index contributed by atoms with van der Waals surface area (Å²) in [5.41, 5.74) is 1.21. The SMILES string of the molecule is O=C(CN1CCN(C23CC4CC(CC(C4)C2)C3)CC1)Nc1ccccc1Cl. The minimum absolute atomic E-state index is 0.0337. The Morgan fingerprint density at radius 1 is 1.00 bits per heavy atom. The van der Waals surface area contributed by atoms with Crippen molar-refractivity contribution in [3.63, 3.8) is 0 Å². The summed E-state index contributed by atoms with van der Waals surface area (Å²) >= 11 is 6.15. The van der Waals surface area contributed by atoms with E-state index in [4.69, 9.17) is 11.6 Å². The molecule has 4 bridgehead atoms. The number of amides is 1. The van der Waals surface area contributed by atoms with Gasteiger partial charge in [0, 0.05) is 31.7 Å². The molecule has 146 valence electrons. The lowest BCUT2D eigenvalue weighted by Crippen LogP contribution is -2.64. The van der Waals surface area contributed by atoms with Crippen LogP contribution in [0.3, 0.4) is 0 Å². The molecule has 1 aliphatic heterocycles. The summed E-state index contributed by atoms with van der Waals surface area (Å²) in [4.78, 5) is 17.5. The Morgan fingerprint density at radius 2 is 1.59 bits per heavy atom. The second-order valence-corrected chi connectivity index (χ2v) is 9.84. The highest BCUT2D eigenvalue weighted by molar-refractivity contribution is 6.33. The average Bonchev–Trinajstić information content (AvgIpc) is 2.63. The molecule has 4 aliphatic carbocycles. The van der Waals surface area contributed by atoms with Crippen molar-refractivity contribution < 1.29 is 4.79 Å². The van der Waals surface area contributed by atoms with E-state index in [1.165, 1.54) is 38.5 Å². The van der Waals surface area contributed by atoms with Crippen LogP contribution in [0.25, 0.3) is 0 Å². The molecule has 4 saturated carbocycles. The summed E-state index contributed by atoms with van der Waals surface area (Å²) in [5.74, 6) is 3.02. The molecule has 1 amide bonds. The second-order valence-electron chi connectivity index (χ2n) is 9.43. The molecule has 1 aromatic rings. The van der Waals surface area contributed by atoms with Crippen LogP contribution < -0.4 is 5.32 Å². The Kier molecular flexibility index (Phi) is 4.69. The van der Waals surface area contributed by atoms with Gasteiger partial charge in [-0.05, 0) is 68.4 Å². The number of piperazine rings is 1. The van der Waals surface area contributed by atoms with Crippen molar-refractivity contribution in [2.45, 2.75) is 44.1 Å². The Morgan fingerprint density at radius 3 is 2.19 bits per heavy atom. The van der Waals surface area contributed by atoms with Gasteiger partial charge in [-0.2, -0.15) is 0 Å². The number of hydrogen-bond donors (Lipinski definition) is 1. The molecule has 6 rings (SSSR count). The van der Waals surface area contributed by atoms with Crippen molar-refractivity contribution >= 4 is 23.2 Å². The predicted octanol–water partition coefficient (Wildman–Crippen LogP) is 3.86. The van der Waals surface area contributed by atoms with Crippen LogP contribution in [0.4, 0.5) is 5.69 Å². The van der Waals surface area contributed by atoms with Gasteiger partial charge in [0.1, 0.15) is 0 Å². The quantitative estimate of drug-likeness (QED) is 0.851. The molecule has 27 heavy (non-hydrogen) atoms. The number of hydrogen-bond acceptors (Lipinski definition) is 3. The van der Waals surface area contributed by atoms with Gasteiger partial charge < -0.3 is 5.32 Å². The standard InChI is InChI=1S/C22H30ClN3O/c23-19-3-1-2-4-20(19)24-21(27)15-25-5-7-26(8-6-25)22-12-16-9-17(13-22)11-18(10-16)14-22/h1-4,16-18H,5-15H2,(H,24,27). The monoisotopic (exact) mass is 387 g/mol. The van der Waals surface area contributed by atoms with Gasteiger partial charge in [0.05, 0.1) is 17.3 Å². The number of rotatable bonds is 4. The van der Waals surface area contributed by atoms with Crippen LogP contribution in [0.1, 0.15) is 38.5 Å². The van der Waals surface area contributed by atoms with Gasteiger partial charge in [-0.1, -0.05) is 23.7 Å². The lowest BCUT2D eigenvalue weighted by atomic mass is 9.52. The van der Waals surface area contributed by atoms with E-state index in [1.807, 2.05) is 18.2 Å². The van der Waals surface area contributed by atoms with Crippen LogP contribution in [0, 0.1) is 17.8 Å². The number of carbonyl (C=O) groups is 1. The lowest BCUT2D eigenvalue weighted by molar-refractivity contribution is -0.120. The zero-order valence-corrected chi connectivity index (χ0v) is 16.8. The molecule has 0 atom stereocenters. The fourth-order valence-corrected chi connectivity index (χ4v) is 6.97. The Hall–Kier alpha value is -1.10. The van der Waals surface area contributed by atoms with Crippen LogP contribution >= 0.6 is 11.6 Å². The predicted molar refractivity (Wildman–Crippen MR) is 109 cm³/mol. The molecule has 1 heterocycles. The van der Waals surface area contributed by atoms with Gasteiger partial charge in [-0.15, -0.1) is 0 Å². The first-order valence-corrected chi connectivity index (χ1v) is 11.0. The number of carbonyl (C=O) groups excluding carboxylic acids is 1. The van der Waals surface area contributed by atoms with Gasteiger partial charge in [-0.3, -0.25) is 14.6 Å². The highest BCUT2D eigenvalue weighted by atomic mass is 35.5. The summed E-state index contributed by atoms with van der Waals surface area (Å²) in [6, 6.07) is 7.43. The number of anilines is 1. The van der Waals surface area contributed by atoms with Crippen LogP contribution in [-0.4, -0.2) is 54.0 Å². The van der Waals surface area contributed by atoms with Crippen LogP contribution in [-0.2, 0) is 4.79 Å². The number of benzene rings is 1. The summed E-state index contributed by atoms with van der Waals surface area (Å²) in [6.45, 7) is 4.69. The third-order valence-electron chi connectivity index (χ3n) is 7.56. The fourth-order valence-electron chi connectivity index (χ4n) is 6.79. The summed E-state index contributed by atoms with van der Waals surface area (Å²) < 4.78 is 0. The van der Waals surface area contributed by atoms with E-state index in [0.29, 0.717) is 22.8 Å². The molecule has 5 fully saturated rings. The molecule has 4 nitrogen and oxygen atoms in total. The molecule has 0 unspecified atom stereocenters. The summed E-state index contributed by atoms with van der Waals surface area (Å²) in [6.07, 6.45) is 8.81. The Labute approximate surface area is 167 Å².